The van der Waals surface area contributed by atoms with E-state index in [1.807, 2.05) is 6.07 Å². The first kappa shape index (κ1) is 15.5. The summed E-state index contributed by atoms with van der Waals surface area (Å²) in [5.74, 6) is -0.325. The van der Waals surface area contributed by atoms with Crippen molar-refractivity contribution in [1.29, 1.82) is 0 Å². The van der Waals surface area contributed by atoms with Gasteiger partial charge in [0.15, 0.2) is 0 Å². The van der Waals surface area contributed by atoms with Crippen molar-refractivity contribution < 1.29 is 4.39 Å². The zero-order valence-electron chi connectivity index (χ0n) is 11.5. The van der Waals surface area contributed by atoms with E-state index in [0.29, 0.717) is 0 Å². The number of nitrogens with one attached hydrogen (secondary N) is 1. The lowest BCUT2D eigenvalue weighted by molar-refractivity contribution is 0.325. The van der Waals surface area contributed by atoms with Crippen LogP contribution in [-0.2, 0) is 6.42 Å². The van der Waals surface area contributed by atoms with Gasteiger partial charge in [-0.25, -0.2) is 4.39 Å². The smallest absolute Gasteiger partial charge is 0.142 e. The van der Waals surface area contributed by atoms with Gasteiger partial charge in [-0.3, -0.25) is 0 Å². The van der Waals surface area contributed by atoms with Crippen molar-refractivity contribution in [2.24, 2.45) is 5.41 Å². The zero-order chi connectivity index (χ0) is 13.6. The van der Waals surface area contributed by atoms with Gasteiger partial charge < -0.3 is 5.32 Å². The van der Waals surface area contributed by atoms with Crippen LogP contribution < -0.4 is 5.32 Å². The Hall–Kier alpha value is -0.600. The van der Waals surface area contributed by atoms with Crippen LogP contribution in [0.15, 0.2) is 18.2 Å². The molecule has 0 unspecified atom stereocenters. The summed E-state index contributed by atoms with van der Waals surface area (Å²) in [6.45, 7) is 8.66. The van der Waals surface area contributed by atoms with E-state index in [4.69, 9.17) is 11.6 Å². The van der Waals surface area contributed by atoms with Gasteiger partial charge in [0.2, 0.25) is 0 Å². The Balaban J connectivity index is 2.50. The monoisotopic (exact) mass is 271 g/mol. The highest BCUT2D eigenvalue weighted by Crippen LogP contribution is 2.27. The molecule has 3 heteroatoms. The second kappa shape index (κ2) is 7.10. The van der Waals surface area contributed by atoms with Crippen LogP contribution in [0, 0.1) is 11.2 Å². The van der Waals surface area contributed by atoms with E-state index in [1.165, 1.54) is 0 Å². The quantitative estimate of drug-likeness (QED) is 0.723. The molecule has 0 atom stereocenters. The maximum Gasteiger partial charge on any atom is 0.142 e. The van der Waals surface area contributed by atoms with E-state index >= 15 is 0 Å². The Labute approximate surface area is 115 Å². The predicted octanol–water partition coefficient (Wildman–Crippen LogP) is 4.44. The minimum absolute atomic E-state index is 0.168. The van der Waals surface area contributed by atoms with Crippen LogP contribution in [0.3, 0.4) is 0 Å². The third-order valence-electron chi connectivity index (χ3n) is 3.07. The number of hydrogen-bond donors (Lipinski definition) is 1. The maximum atomic E-state index is 13.4. The van der Waals surface area contributed by atoms with E-state index < -0.39 is 0 Å². The highest BCUT2D eigenvalue weighted by atomic mass is 35.5. The summed E-state index contributed by atoms with van der Waals surface area (Å²) in [6.07, 6.45) is 3.11. The van der Waals surface area contributed by atoms with Crippen molar-refractivity contribution in [1.82, 2.24) is 5.32 Å². The molecule has 0 saturated carbocycles. The molecular weight excluding hydrogens is 249 g/mol. The van der Waals surface area contributed by atoms with Gasteiger partial charge in [0.25, 0.3) is 0 Å². The van der Waals surface area contributed by atoms with Gasteiger partial charge in [0.05, 0.1) is 5.02 Å². The molecule has 1 aromatic rings. The summed E-state index contributed by atoms with van der Waals surface area (Å²) in [5.41, 5.74) is 1.18. The lowest BCUT2D eigenvalue weighted by Crippen LogP contribution is -2.24. The number of hydrogen-bond acceptors (Lipinski definition) is 1. The van der Waals surface area contributed by atoms with Gasteiger partial charge in [0, 0.05) is 0 Å². The first-order chi connectivity index (χ1) is 8.44. The molecular formula is C15H23ClFN. The average Bonchev–Trinajstić information content (AvgIpc) is 2.29. The SMILES string of the molecule is CCCNCCC(C)(C)Cc1ccc(Cl)c(F)c1. The Morgan fingerprint density at radius 2 is 2.00 bits per heavy atom. The van der Waals surface area contributed by atoms with Gasteiger partial charge in [-0.1, -0.05) is 38.4 Å². The number of rotatable bonds is 7. The van der Waals surface area contributed by atoms with Gasteiger partial charge in [0.1, 0.15) is 5.82 Å². The Morgan fingerprint density at radius 1 is 1.28 bits per heavy atom. The van der Waals surface area contributed by atoms with E-state index in [-0.39, 0.29) is 16.3 Å². The van der Waals surface area contributed by atoms with Crippen molar-refractivity contribution in [3.8, 4) is 0 Å². The van der Waals surface area contributed by atoms with E-state index in [1.54, 1.807) is 12.1 Å². The maximum absolute atomic E-state index is 13.4. The molecule has 0 heterocycles. The molecule has 1 nitrogen and oxygen atoms in total. The molecule has 0 aliphatic heterocycles. The molecule has 0 radical (unpaired) electrons. The normalized spacial score (nSPS) is 11.8. The Kier molecular flexibility index (Phi) is 6.10. The van der Waals surface area contributed by atoms with Crippen LogP contribution >= 0.6 is 11.6 Å². The second-order valence-electron chi connectivity index (χ2n) is 5.59. The first-order valence-electron chi connectivity index (χ1n) is 6.59. The molecule has 0 aliphatic rings. The van der Waals surface area contributed by atoms with E-state index in [9.17, 15) is 4.39 Å². The highest BCUT2D eigenvalue weighted by molar-refractivity contribution is 6.30. The molecule has 0 aliphatic carbocycles. The molecule has 1 N–H and O–H groups in total. The molecule has 0 spiro atoms. The van der Waals surface area contributed by atoms with E-state index in [2.05, 4.69) is 26.1 Å². The fraction of sp³-hybridized carbons (Fsp3) is 0.600. The molecule has 18 heavy (non-hydrogen) atoms. The van der Waals surface area contributed by atoms with Crippen LogP contribution in [0.25, 0.3) is 0 Å². The lowest BCUT2D eigenvalue weighted by Gasteiger charge is -2.25. The fourth-order valence-electron chi connectivity index (χ4n) is 2.02. The molecule has 0 bridgehead atoms. The minimum atomic E-state index is -0.325. The van der Waals surface area contributed by atoms with Crippen molar-refractivity contribution in [3.05, 3.63) is 34.6 Å². The topological polar surface area (TPSA) is 12.0 Å². The highest BCUT2D eigenvalue weighted by Gasteiger charge is 2.18. The summed E-state index contributed by atoms with van der Waals surface area (Å²) in [5, 5.41) is 3.60. The van der Waals surface area contributed by atoms with Gasteiger partial charge in [-0.2, -0.15) is 0 Å². The second-order valence-corrected chi connectivity index (χ2v) is 6.00. The molecule has 0 amide bonds. The third-order valence-corrected chi connectivity index (χ3v) is 3.38. The third kappa shape index (κ3) is 5.36. The zero-order valence-corrected chi connectivity index (χ0v) is 12.3. The van der Waals surface area contributed by atoms with Gasteiger partial charge in [-0.05, 0) is 55.5 Å². The van der Waals surface area contributed by atoms with Crippen molar-refractivity contribution in [2.45, 2.75) is 40.0 Å². The molecule has 1 rings (SSSR count). The standard InChI is InChI=1S/C15H23ClFN/c1-4-8-18-9-7-15(2,3)11-12-5-6-13(16)14(17)10-12/h5-6,10,18H,4,7-9,11H2,1-3H3. The summed E-state index contributed by atoms with van der Waals surface area (Å²) < 4.78 is 13.4. The van der Waals surface area contributed by atoms with Crippen LogP contribution in [0.4, 0.5) is 4.39 Å². The van der Waals surface area contributed by atoms with Gasteiger partial charge in [-0.15, -0.1) is 0 Å². The van der Waals surface area contributed by atoms with Crippen molar-refractivity contribution >= 4 is 11.6 Å². The summed E-state index contributed by atoms with van der Waals surface area (Å²) in [4.78, 5) is 0. The summed E-state index contributed by atoms with van der Waals surface area (Å²) >= 11 is 5.69. The molecule has 0 fully saturated rings. The Bertz CT molecular complexity index is 377. The van der Waals surface area contributed by atoms with Crippen molar-refractivity contribution in [2.75, 3.05) is 13.1 Å². The van der Waals surface area contributed by atoms with Crippen LogP contribution in [0.1, 0.15) is 39.2 Å². The summed E-state index contributed by atoms with van der Waals surface area (Å²) in [7, 11) is 0. The predicted molar refractivity (Wildman–Crippen MR) is 76.7 cm³/mol. The van der Waals surface area contributed by atoms with Crippen LogP contribution in [-0.4, -0.2) is 13.1 Å². The van der Waals surface area contributed by atoms with Crippen molar-refractivity contribution in [3.63, 3.8) is 0 Å². The first-order valence-corrected chi connectivity index (χ1v) is 6.97. The molecule has 0 aromatic heterocycles. The number of benzene rings is 1. The van der Waals surface area contributed by atoms with Crippen LogP contribution in [0.5, 0.6) is 0 Å². The number of halogens is 2. The molecule has 1 aromatic carbocycles. The fourth-order valence-corrected chi connectivity index (χ4v) is 2.14. The summed E-state index contributed by atoms with van der Waals surface area (Å²) in [6, 6.07) is 5.09. The van der Waals surface area contributed by atoms with Crippen LogP contribution in [0.2, 0.25) is 5.02 Å². The van der Waals surface area contributed by atoms with E-state index in [0.717, 1.165) is 37.9 Å². The largest absolute Gasteiger partial charge is 0.317 e. The van der Waals surface area contributed by atoms with Gasteiger partial charge >= 0.3 is 0 Å². The minimum Gasteiger partial charge on any atom is -0.317 e. The molecule has 102 valence electrons. The average molecular weight is 272 g/mol. The Morgan fingerprint density at radius 3 is 2.61 bits per heavy atom. The lowest BCUT2D eigenvalue weighted by atomic mass is 9.82. The molecule has 0 saturated heterocycles.